The molecule has 0 amide bonds. The summed E-state index contributed by atoms with van der Waals surface area (Å²) >= 11 is 0. The van der Waals surface area contributed by atoms with E-state index in [1.807, 2.05) is 0 Å². The molecule has 2 rings (SSSR count). The van der Waals surface area contributed by atoms with E-state index >= 15 is 0 Å². The number of hydrogen-bond donors (Lipinski definition) is 0. The van der Waals surface area contributed by atoms with Crippen LogP contribution in [0.2, 0.25) is 0 Å². The van der Waals surface area contributed by atoms with Gasteiger partial charge in [-0.25, -0.2) is 4.39 Å². The maximum atomic E-state index is 13.2. The van der Waals surface area contributed by atoms with Crippen LogP contribution >= 0.6 is 0 Å². The number of carbonyl (C=O) groups is 1. The van der Waals surface area contributed by atoms with Gasteiger partial charge in [-0.05, 0) is 36.8 Å². The van der Waals surface area contributed by atoms with E-state index in [-0.39, 0.29) is 23.8 Å². The summed E-state index contributed by atoms with van der Waals surface area (Å²) < 4.78 is 18.6. The lowest BCUT2D eigenvalue weighted by atomic mass is 10.1. The van der Waals surface area contributed by atoms with Crippen LogP contribution in [0.25, 0.3) is 0 Å². The topological polar surface area (TPSA) is 69.4 Å². The number of nitrogens with zero attached hydrogens (tertiary/aromatic N) is 1. The number of ether oxygens (including phenoxy) is 1. The van der Waals surface area contributed by atoms with Crippen LogP contribution in [0.1, 0.15) is 22.8 Å². The molecule has 2 aromatic rings. The van der Waals surface area contributed by atoms with Crippen LogP contribution in [0, 0.1) is 15.9 Å². The zero-order valence-corrected chi connectivity index (χ0v) is 11.2. The van der Waals surface area contributed by atoms with Crippen molar-refractivity contribution in [3.63, 3.8) is 0 Å². The van der Waals surface area contributed by atoms with Crippen molar-refractivity contribution < 1.29 is 18.8 Å². The lowest BCUT2D eigenvalue weighted by Crippen LogP contribution is -2.02. The fourth-order valence-electron chi connectivity index (χ4n) is 1.78. The molecule has 0 fully saturated rings. The summed E-state index contributed by atoms with van der Waals surface area (Å²) in [6, 6.07) is 9.50. The van der Waals surface area contributed by atoms with Crippen molar-refractivity contribution in [3.8, 4) is 5.75 Å². The smallest absolute Gasteiger partial charge is 0.269 e. The third kappa shape index (κ3) is 3.62. The van der Waals surface area contributed by atoms with Gasteiger partial charge < -0.3 is 4.74 Å². The summed E-state index contributed by atoms with van der Waals surface area (Å²) in [5.41, 5.74) is 0.951. The predicted octanol–water partition coefficient (Wildman–Crippen LogP) is 3.52. The van der Waals surface area contributed by atoms with Crippen molar-refractivity contribution in [3.05, 3.63) is 69.5 Å². The van der Waals surface area contributed by atoms with E-state index in [4.69, 9.17) is 4.74 Å². The number of rotatable bonds is 5. The largest absolute Gasteiger partial charge is 0.488 e. The van der Waals surface area contributed by atoms with Gasteiger partial charge in [-0.3, -0.25) is 14.9 Å². The molecule has 2 aromatic carbocycles. The summed E-state index contributed by atoms with van der Waals surface area (Å²) in [5.74, 6) is -0.576. The summed E-state index contributed by atoms with van der Waals surface area (Å²) in [6.07, 6.45) is 0. The molecule has 0 unspecified atom stereocenters. The number of non-ortho nitro benzene ring substituents is 1. The standard InChI is InChI=1S/C15H12FNO4/c1-10(18)14-7-4-12(16)8-15(14)21-9-11-2-5-13(6-3-11)17(19)20/h2-8H,9H2,1H3. The molecule has 108 valence electrons. The molecular weight excluding hydrogens is 277 g/mol. The number of carbonyl (C=O) groups excluding carboxylic acids is 1. The van der Waals surface area contributed by atoms with E-state index in [0.29, 0.717) is 11.1 Å². The molecule has 0 saturated carbocycles. The van der Waals surface area contributed by atoms with Gasteiger partial charge in [-0.2, -0.15) is 0 Å². The fraction of sp³-hybridized carbons (Fsp3) is 0.133. The molecule has 0 aromatic heterocycles. The van der Waals surface area contributed by atoms with E-state index in [2.05, 4.69) is 0 Å². The Morgan fingerprint density at radius 2 is 1.90 bits per heavy atom. The normalized spacial score (nSPS) is 10.2. The Kier molecular flexibility index (Phi) is 4.27. The molecule has 5 nitrogen and oxygen atoms in total. The van der Waals surface area contributed by atoms with Gasteiger partial charge in [0.15, 0.2) is 5.78 Å². The highest BCUT2D eigenvalue weighted by molar-refractivity contribution is 5.96. The summed E-state index contributed by atoms with van der Waals surface area (Å²) in [6.45, 7) is 1.45. The molecule has 0 aliphatic heterocycles. The number of Topliss-reactive ketones (excluding diaryl/α,β-unsaturated/α-hetero) is 1. The Labute approximate surface area is 120 Å². The first-order valence-electron chi connectivity index (χ1n) is 6.14. The monoisotopic (exact) mass is 289 g/mol. The number of halogens is 1. The first-order chi connectivity index (χ1) is 9.97. The Balaban J connectivity index is 2.14. The van der Waals surface area contributed by atoms with Gasteiger partial charge in [0.25, 0.3) is 5.69 Å². The first-order valence-corrected chi connectivity index (χ1v) is 6.14. The summed E-state index contributed by atoms with van der Waals surface area (Å²) in [7, 11) is 0. The van der Waals surface area contributed by atoms with Gasteiger partial charge in [0.05, 0.1) is 10.5 Å². The fourth-order valence-corrected chi connectivity index (χ4v) is 1.78. The minimum atomic E-state index is -0.501. The molecule has 0 N–H and O–H groups in total. The second-order valence-electron chi connectivity index (χ2n) is 4.41. The molecule has 0 spiro atoms. The van der Waals surface area contributed by atoms with E-state index in [1.54, 1.807) is 12.1 Å². The van der Waals surface area contributed by atoms with Crippen LogP contribution in [0.3, 0.4) is 0 Å². The molecule has 0 bridgehead atoms. The molecule has 21 heavy (non-hydrogen) atoms. The molecule has 0 radical (unpaired) electrons. The lowest BCUT2D eigenvalue weighted by molar-refractivity contribution is -0.384. The van der Waals surface area contributed by atoms with Crippen molar-refractivity contribution >= 4 is 11.5 Å². The maximum absolute atomic E-state index is 13.2. The van der Waals surface area contributed by atoms with E-state index in [1.165, 1.54) is 31.2 Å². The van der Waals surface area contributed by atoms with Crippen LogP contribution in [-0.4, -0.2) is 10.7 Å². The highest BCUT2D eigenvalue weighted by Gasteiger charge is 2.10. The number of nitro benzene ring substituents is 1. The summed E-state index contributed by atoms with van der Waals surface area (Å²) in [5, 5.41) is 10.5. The van der Waals surface area contributed by atoms with Gasteiger partial charge in [0.2, 0.25) is 0 Å². The average Bonchev–Trinajstić information content (AvgIpc) is 2.45. The van der Waals surface area contributed by atoms with E-state index < -0.39 is 10.7 Å². The van der Waals surface area contributed by atoms with E-state index in [0.717, 1.165) is 6.07 Å². The molecule has 0 aliphatic rings. The van der Waals surface area contributed by atoms with Gasteiger partial charge in [-0.15, -0.1) is 0 Å². The molecular formula is C15H12FNO4. The molecule has 6 heteroatoms. The van der Waals surface area contributed by atoms with Crippen molar-refractivity contribution in [1.29, 1.82) is 0 Å². The lowest BCUT2D eigenvalue weighted by Gasteiger charge is -2.10. The van der Waals surface area contributed by atoms with Crippen molar-refractivity contribution in [2.75, 3.05) is 0 Å². The zero-order valence-electron chi connectivity index (χ0n) is 11.2. The molecule has 0 heterocycles. The van der Waals surface area contributed by atoms with Crippen molar-refractivity contribution in [2.24, 2.45) is 0 Å². The van der Waals surface area contributed by atoms with Crippen LogP contribution < -0.4 is 4.74 Å². The third-order valence-corrected chi connectivity index (χ3v) is 2.86. The number of hydrogen-bond acceptors (Lipinski definition) is 4. The van der Waals surface area contributed by atoms with Crippen LogP contribution in [-0.2, 0) is 6.61 Å². The molecule has 0 aliphatic carbocycles. The number of benzene rings is 2. The van der Waals surface area contributed by atoms with Gasteiger partial charge in [0.1, 0.15) is 18.2 Å². The van der Waals surface area contributed by atoms with Crippen molar-refractivity contribution in [1.82, 2.24) is 0 Å². The predicted molar refractivity (Wildman–Crippen MR) is 73.8 cm³/mol. The van der Waals surface area contributed by atoms with Crippen LogP contribution in [0.4, 0.5) is 10.1 Å². The molecule has 0 atom stereocenters. The van der Waals surface area contributed by atoms with Gasteiger partial charge in [-0.1, -0.05) is 0 Å². The average molecular weight is 289 g/mol. The van der Waals surface area contributed by atoms with Gasteiger partial charge in [0, 0.05) is 18.2 Å². The Hall–Kier alpha value is -2.76. The highest BCUT2D eigenvalue weighted by atomic mass is 19.1. The maximum Gasteiger partial charge on any atom is 0.269 e. The van der Waals surface area contributed by atoms with E-state index in [9.17, 15) is 19.3 Å². The van der Waals surface area contributed by atoms with Crippen molar-refractivity contribution in [2.45, 2.75) is 13.5 Å². The number of ketones is 1. The second-order valence-corrected chi connectivity index (χ2v) is 4.41. The third-order valence-electron chi connectivity index (χ3n) is 2.86. The van der Waals surface area contributed by atoms with Crippen LogP contribution in [0.15, 0.2) is 42.5 Å². The second kappa shape index (κ2) is 6.13. The quantitative estimate of drug-likeness (QED) is 0.480. The Morgan fingerprint density at radius 1 is 1.24 bits per heavy atom. The zero-order chi connectivity index (χ0) is 15.4. The summed E-state index contributed by atoms with van der Waals surface area (Å²) in [4.78, 5) is 21.5. The molecule has 0 saturated heterocycles. The van der Waals surface area contributed by atoms with Crippen LogP contribution in [0.5, 0.6) is 5.75 Å². The Bertz CT molecular complexity index is 683. The van der Waals surface area contributed by atoms with Gasteiger partial charge >= 0.3 is 0 Å². The number of nitro groups is 1. The first kappa shape index (κ1) is 14.6. The SMILES string of the molecule is CC(=O)c1ccc(F)cc1OCc1ccc([N+](=O)[O-])cc1. The highest BCUT2D eigenvalue weighted by Crippen LogP contribution is 2.22. The Morgan fingerprint density at radius 3 is 2.48 bits per heavy atom. The minimum absolute atomic E-state index is 0.0195. The minimum Gasteiger partial charge on any atom is -0.488 e.